The zero-order valence-electron chi connectivity index (χ0n) is 10.8. The summed E-state index contributed by atoms with van der Waals surface area (Å²) in [6, 6.07) is 13.3. The summed E-state index contributed by atoms with van der Waals surface area (Å²) in [6.45, 7) is 4.07. The summed E-state index contributed by atoms with van der Waals surface area (Å²) >= 11 is 2.19. The molecule has 0 bridgehead atoms. The van der Waals surface area contributed by atoms with Crippen molar-refractivity contribution in [3.05, 3.63) is 57.2 Å². The van der Waals surface area contributed by atoms with Gasteiger partial charge >= 0.3 is 6.03 Å². The lowest BCUT2D eigenvalue weighted by Crippen LogP contribution is -2.20. The van der Waals surface area contributed by atoms with Crippen LogP contribution in [0.3, 0.4) is 0 Å². The van der Waals surface area contributed by atoms with E-state index in [1.807, 2.05) is 56.3 Å². The lowest BCUT2D eigenvalue weighted by Gasteiger charge is -2.10. The SMILES string of the molecule is Cc1ccc(NC(=O)Nc2ccccc2I)cc1C. The molecule has 3 nitrogen and oxygen atoms in total. The van der Waals surface area contributed by atoms with Crippen LogP contribution in [0, 0.1) is 17.4 Å². The minimum absolute atomic E-state index is 0.229. The highest BCUT2D eigenvalue weighted by Gasteiger charge is 2.05. The van der Waals surface area contributed by atoms with Crippen LogP contribution in [0.25, 0.3) is 0 Å². The summed E-state index contributed by atoms with van der Waals surface area (Å²) in [5, 5.41) is 5.67. The van der Waals surface area contributed by atoms with Gasteiger partial charge in [0.15, 0.2) is 0 Å². The molecule has 4 heteroatoms. The molecule has 2 amide bonds. The van der Waals surface area contributed by atoms with Crippen molar-refractivity contribution in [2.24, 2.45) is 0 Å². The monoisotopic (exact) mass is 366 g/mol. The first-order valence-electron chi connectivity index (χ1n) is 5.96. The number of urea groups is 1. The van der Waals surface area contributed by atoms with Crippen molar-refractivity contribution in [2.75, 3.05) is 10.6 Å². The zero-order valence-corrected chi connectivity index (χ0v) is 13.0. The molecule has 0 radical (unpaired) electrons. The highest BCUT2D eigenvalue weighted by molar-refractivity contribution is 14.1. The fraction of sp³-hybridized carbons (Fsp3) is 0.133. The van der Waals surface area contributed by atoms with Gasteiger partial charge in [-0.05, 0) is 71.8 Å². The van der Waals surface area contributed by atoms with Crippen molar-refractivity contribution >= 4 is 40.0 Å². The molecule has 0 aliphatic heterocycles. The summed E-state index contributed by atoms with van der Waals surface area (Å²) in [7, 11) is 0. The lowest BCUT2D eigenvalue weighted by molar-refractivity contribution is 0.262. The number of hydrogen-bond acceptors (Lipinski definition) is 1. The summed E-state index contributed by atoms with van der Waals surface area (Å²) in [5.74, 6) is 0. The van der Waals surface area contributed by atoms with Crippen LogP contribution in [-0.2, 0) is 0 Å². The van der Waals surface area contributed by atoms with Crippen LogP contribution in [-0.4, -0.2) is 6.03 Å². The Bertz CT molecular complexity index is 611. The molecule has 0 spiro atoms. The van der Waals surface area contributed by atoms with E-state index in [-0.39, 0.29) is 6.03 Å². The third-order valence-corrected chi connectivity index (χ3v) is 3.83. The summed E-state index contributed by atoms with van der Waals surface area (Å²) in [6.07, 6.45) is 0. The number of rotatable bonds is 2. The Balaban J connectivity index is 2.05. The van der Waals surface area contributed by atoms with Gasteiger partial charge in [0, 0.05) is 9.26 Å². The van der Waals surface area contributed by atoms with Crippen LogP contribution >= 0.6 is 22.6 Å². The second kappa shape index (κ2) is 6.06. The van der Waals surface area contributed by atoms with E-state index in [1.165, 1.54) is 5.56 Å². The Morgan fingerprint density at radius 3 is 2.42 bits per heavy atom. The Hall–Kier alpha value is -1.56. The summed E-state index contributed by atoms with van der Waals surface area (Å²) in [4.78, 5) is 11.9. The molecule has 0 unspecified atom stereocenters. The number of hydrogen-bond donors (Lipinski definition) is 2. The second-order valence-electron chi connectivity index (χ2n) is 4.36. The average Bonchev–Trinajstić information content (AvgIpc) is 2.37. The van der Waals surface area contributed by atoms with E-state index in [0.29, 0.717) is 0 Å². The smallest absolute Gasteiger partial charge is 0.308 e. The molecule has 2 N–H and O–H groups in total. The highest BCUT2D eigenvalue weighted by Crippen LogP contribution is 2.18. The number of anilines is 2. The minimum atomic E-state index is -0.229. The number of nitrogens with one attached hydrogen (secondary N) is 2. The first kappa shape index (κ1) is 13.9. The maximum Gasteiger partial charge on any atom is 0.323 e. The van der Waals surface area contributed by atoms with Gasteiger partial charge in [0.1, 0.15) is 0 Å². The molecular weight excluding hydrogens is 351 g/mol. The number of benzene rings is 2. The molecule has 0 fully saturated rings. The van der Waals surface area contributed by atoms with Crippen LogP contribution in [0.4, 0.5) is 16.2 Å². The molecule has 19 heavy (non-hydrogen) atoms. The van der Waals surface area contributed by atoms with Gasteiger partial charge < -0.3 is 10.6 Å². The van der Waals surface area contributed by atoms with Crippen molar-refractivity contribution in [2.45, 2.75) is 13.8 Å². The quantitative estimate of drug-likeness (QED) is 0.753. The molecule has 0 saturated heterocycles. The summed E-state index contributed by atoms with van der Waals surface area (Å²) in [5.41, 5.74) is 3.98. The molecule has 0 aromatic heterocycles. The van der Waals surface area contributed by atoms with Gasteiger partial charge in [0.2, 0.25) is 0 Å². The van der Waals surface area contributed by atoms with E-state index in [9.17, 15) is 4.79 Å². The van der Waals surface area contributed by atoms with Gasteiger partial charge in [0.05, 0.1) is 5.69 Å². The molecule has 2 rings (SSSR count). The van der Waals surface area contributed by atoms with Crippen molar-refractivity contribution in [3.8, 4) is 0 Å². The van der Waals surface area contributed by atoms with E-state index in [2.05, 4.69) is 33.2 Å². The van der Waals surface area contributed by atoms with Crippen LogP contribution in [0.5, 0.6) is 0 Å². The van der Waals surface area contributed by atoms with Crippen molar-refractivity contribution < 1.29 is 4.79 Å². The van der Waals surface area contributed by atoms with Crippen molar-refractivity contribution in [1.82, 2.24) is 0 Å². The number of carbonyl (C=O) groups is 1. The second-order valence-corrected chi connectivity index (χ2v) is 5.52. The molecule has 2 aromatic carbocycles. The molecule has 0 aliphatic carbocycles. The minimum Gasteiger partial charge on any atom is -0.308 e. The van der Waals surface area contributed by atoms with Gasteiger partial charge in [-0.2, -0.15) is 0 Å². The topological polar surface area (TPSA) is 41.1 Å². The first-order valence-corrected chi connectivity index (χ1v) is 7.04. The average molecular weight is 366 g/mol. The van der Waals surface area contributed by atoms with Gasteiger partial charge in [-0.1, -0.05) is 18.2 Å². The molecule has 0 heterocycles. The van der Waals surface area contributed by atoms with Gasteiger partial charge in [-0.15, -0.1) is 0 Å². The Morgan fingerprint density at radius 1 is 1.00 bits per heavy atom. The van der Waals surface area contributed by atoms with Gasteiger partial charge in [0.25, 0.3) is 0 Å². The third-order valence-electron chi connectivity index (χ3n) is 2.89. The number of para-hydroxylation sites is 1. The molecule has 0 aliphatic rings. The predicted octanol–water partition coefficient (Wildman–Crippen LogP) is 4.55. The van der Waals surface area contributed by atoms with Crippen molar-refractivity contribution in [3.63, 3.8) is 0 Å². The molecule has 0 atom stereocenters. The molecule has 0 saturated carbocycles. The van der Waals surface area contributed by atoms with E-state index >= 15 is 0 Å². The Kier molecular flexibility index (Phi) is 4.42. The number of halogens is 1. The van der Waals surface area contributed by atoms with Crippen molar-refractivity contribution in [1.29, 1.82) is 0 Å². The fourth-order valence-electron chi connectivity index (χ4n) is 1.67. The van der Waals surface area contributed by atoms with Crippen LogP contribution in [0.15, 0.2) is 42.5 Å². The van der Waals surface area contributed by atoms with E-state index in [0.717, 1.165) is 20.5 Å². The molecule has 98 valence electrons. The fourth-order valence-corrected chi connectivity index (χ4v) is 2.19. The maximum atomic E-state index is 11.9. The Morgan fingerprint density at radius 2 is 1.74 bits per heavy atom. The normalized spacial score (nSPS) is 10.1. The van der Waals surface area contributed by atoms with E-state index < -0.39 is 0 Å². The largest absolute Gasteiger partial charge is 0.323 e. The zero-order chi connectivity index (χ0) is 13.8. The maximum absolute atomic E-state index is 11.9. The van der Waals surface area contributed by atoms with E-state index in [1.54, 1.807) is 0 Å². The first-order chi connectivity index (χ1) is 9.06. The molecule has 2 aromatic rings. The standard InChI is InChI=1S/C15H15IN2O/c1-10-7-8-12(9-11(10)2)17-15(19)18-14-6-4-3-5-13(14)16/h3-9H,1-2H3,(H2,17,18,19). The predicted molar refractivity (Wildman–Crippen MR) is 87.7 cm³/mol. The number of carbonyl (C=O) groups excluding carboxylic acids is 1. The van der Waals surface area contributed by atoms with Crippen LogP contribution in [0.2, 0.25) is 0 Å². The third kappa shape index (κ3) is 3.70. The number of amides is 2. The van der Waals surface area contributed by atoms with Gasteiger partial charge in [-0.3, -0.25) is 0 Å². The highest BCUT2D eigenvalue weighted by atomic mass is 127. The van der Waals surface area contributed by atoms with Crippen LogP contribution in [0.1, 0.15) is 11.1 Å². The number of aryl methyl sites for hydroxylation is 2. The van der Waals surface area contributed by atoms with E-state index in [4.69, 9.17) is 0 Å². The molecular formula is C15H15IN2O. The van der Waals surface area contributed by atoms with Crippen LogP contribution < -0.4 is 10.6 Å². The summed E-state index contributed by atoms with van der Waals surface area (Å²) < 4.78 is 1.01. The lowest BCUT2D eigenvalue weighted by atomic mass is 10.1. The Labute approximate surface area is 126 Å². The van der Waals surface area contributed by atoms with Gasteiger partial charge in [-0.25, -0.2) is 4.79 Å².